The minimum Gasteiger partial charge on any atom is -0.304 e. The van der Waals surface area contributed by atoms with Crippen molar-refractivity contribution in [2.75, 3.05) is 39.8 Å². The number of nitrogens with zero attached hydrogens (tertiary/aromatic N) is 5. The Hall–Kier alpha value is -0.940. The highest BCUT2D eigenvalue weighted by atomic mass is 15.4. The molecule has 1 aromatic rings. The molecule has 0 spiro atoms. The molecule has 5 heteroatoms. The smallest absolute Gasteiger partial charge is 0.152 e. The fourth-order valence-corrected chi connectivity index (χ4v) is 3.04. The van der Waals surface area contributed by atoms with Crippen molar-refractivity contribution in [3.8, 4) is 0 Å². The summed E-state index contributed by atoms with van der Waals surface area (Å²) in [5.74, 6) is 2.25. The van der Waals surface area contributed by atoms with Crippen molar-refractivity contribution in [2.24, 2.45) is 0 Å². The highest BCUT2D eigenvalue weighted by Gasteiger charge is 2.20. The largest absolute Gasteiger partial charge is 0.304 e. The number of rotatable bonds is 3. The van der Waals surface area contributed by atoms with Crippen LogP contribution in [0.3, 0.4) is 0 Å². The van der Waals surface area contributed by atoms with E-state index in [1.54, 1.807) is 0 Å². The predicted octanol–water partition coefficient (Wildman–Crippen LogP) is 0.965. The topological polar surface area (TPSA) is 37.2 Å². The second-order valence-corrected chi connectivity index (χ2v) is 6.02. The van der Waals surface area contributed by atoms with Gasteiger partial charge < -0.3 is 9.80 Å². The molecule has 0 bridgehead atoms. The Labute approximate surface area is 115 Å². The van der Waals surface area contributed by atoms with Crippen LogP contribution in [0.25, 0.3) is 0 Å². The van der Waals surface area contributed by atoms with E-state index < -0.39 is 0 Å². The van der Waals surface area contributed by atoms with Gasteiger partial charge in [0.1, 0.15) is 5.82 Å². The molecule has 0 radical (unpaired) electrons. The summed E-state index contributed by atoms with van der Waals surface area (Å²) in [6.07, 6.45) is 4.61. The third kappa shape index (κ3) is 2.98. The molecule has 3 heterocycles. The summed E-state index contributed by atoms with van der Waals surface area (Å²) in [7, 11) is 2.20. The maximum atomic E-state index is 4.72. The van der Waals surface area contributed by atoms with Crippen LogP contribution in [0.5, 0.6) is 0 Å². The number of hydrogen-bond donors (Lipinski definition) is 0. The van der Waals surface area contributed by atoms with Crippen LogP contribution < -0.4 is 0 Å². The molecule has 0 aliphatic carbocycles. The van der Waals surface area contributed by atoms with Crippen molar-refractivity contribution in [3.05, 3.63) is 11.6 Å². The van der Waals surface area contributed by atoms with Crippen LogP contribution in [0.1, 0.15) is 37.5 Å². The van der Waals surface area contributed by atoms with E-state index in [1.165, 1.54) is 44.8 Å². The van der Waals surface area contributed by atoms with Crippen molar-refractivity contribution in [2.45, 2.75) is 38.6 Å². The zero-order chi connectivity index (χ0) is 13.2. The Balaban J connectivity index is 1.56. The number of aryl methyl sites for hydroxylation is 1. The zero-order valence-corrected chi connectivity index (χ0v) is 12.2. The molecule has 5 nitrogen and oxygen atoms in total. The zero-order valence-electron chi connectivity index (χ0n) is 12.2. The van der Waals surface area contributed by atoms with E-state index >= 15 is 0 Å². The fourth-order valence-electron chi connectivity index (χ4n) is 3.04. The third-order valence-corrected chi connectivity index (χ3v) is 4.43. The van der Waals surface area contributed by atoms with E-state index in [0.29, 0.717) is 6.04 Å². The van der Waals surface area contributed by atoms with Crippen molar-refractivity contribution in [1.29, 1.82) is 0 Å². The second-order valence-electron chi connectivity index (χ2n) is 6.02. The quantitative estimate of drug-likeness (QED) is 0.814. The van der Waals surface area contributed by atoms with Crippen LogP contribution in [0, 0.1) is 0 Å². The van der Waals surface area contributed by atoms with E-state index in [4.69, 9.17) is 10.1 Å². The van der Waals surface area contributed by atoms with Crippen LogP contribution in [0.4, 0.5) is 0 Å². The Morgan fingerprint density at radius 1 is 1.21 bits per heavy atom. The molecule has 0 aromatic carbocycles. The first-order valence-corrected chi connectivity index (χ1v) is 7.57. The maximum absolute atomic E-state index is 4.72. The molecule has 1 aromatic heterocycles. The van der Waals surface area contributed by atoms with Gasteiger partial charge in [-0.1, -0.05) is 0 Å². The summed E-state index contributed by atoms with van der Waals surface area (Å²) in [6.45, 7) is 8.09. The lowest BCUT2D eigenvalue weighted by Gasteiger charge is -2.31. The molecule has 0 amide bonds. The second kappa shape index (κ2) is 5.59. The first-order chi connectivity index (χ1) is 9.22. The molecule has 1 unspecified atom stereocenters. The lowest BCUT2D eigenvalue weighted by Crippen LogP contribution is -2.45. The SMILES string of the molecule is CC1CCCc2nc(CCN3CCN(C)CC3)nn21. The Morgan fingerprint density at radius 2 is 2.00 bits per heavy atom. The molecule has 3 rings (SSSR count). The van der Waals surface area contributed by atoms with Gasteiger partial charge in [-0.05, 0) is 26.8 Å². The summed E-state index contributed by atoms with van der Waals surface area (Å²) in [4.78, 5) is 9.64. The van der Waals surface area contributed by atoms with Crippen LogP contribution in [-0.4, -0.2) is 64.3 Å². The number of piperazine rings is 1. The number of fused-ring (bicyclic) bond motifs is 1. The number of aromatic nitrogens is 3. The van der Waals surface area contributed by atoms with Gasteiger partial charge in [0.25, 0.3) is 0 Å². The monoisotopic (exact) mass is 263 g/mol. The minimum atomic E-state index is 0.536. The van der Waals surface area contributed by atoms with Gasteiger partial charge >= 0.3 is 0 Å². The average molecular weight is 263 g/mol. The van der Waals surface area contributed by atoms with Crippen LogP contribution in [-0.2, 0) is 12.8 Å². The molecule has 2 aliphatic rings. The van der Waals surface area contributed by atoms with E-state index in [9.17, 15) is 0 Å². The minimum absolute atomic E-state index is 0.536. The Kier molecular flexibility index (Phi) is 3.84. The van der Waals surface area contributed by atoms with Crippen LogP contribution in [0.2, 0.25) is 0 Å². The molecule has 1 atom stereocenters. The highest BCUT2D eigenvalue weighted by molar-refractivity contribution is 4.98. The van der Waals surface area contributed by atoms with Gasteiger partial charge in [0.2, 0.25) is 0 Å². The lowest BCUT2D eigenvalue weighted by atomic mass is 10.1. The highest BCUT2D eigenvalue weighted by Crippen LogP contribution is 2.22. The van der Waals surface area contributed by atoms with Crippen molar-refractivity contribution < 1.29 is 0 Å². The van der Waals surface area contributed by atoms with Gasteiger partial charge in [0.15, 0.2) is 5.82 Å². The van der Waals surface area contributed by atoms with Gasteiger partial charge in [0, 0.05) is 45.6 Å². The van der Waals surface area contributed by atoms with E-state index in [0.717, 1.165) is 25.2 Å². The fraction of sp³-hybridized carbons (Fsp3) is 0.857. The van der Waals surface area contributed by atoms with Gasteiger partial charge in [-0.15, -0.1) is 0 Å². The maximum Gasteiger partial charge on any atom is 0.152 e. The molecular weight excluding hydrogens is 238 g/mol. The van der Waals surface area contributed by atoms with Crippen LogP contribution >= 0.6 is 0 Å². The number of likely N-dealkylation sites (N-methyl/N-ethyl adjacent to an activating group) is 1. The first-order valence-electron chi connectivity index (χ1n) is 7.57. The van der Waals surface area contributed by atoms with Gasteiger partial charge in [-0.2, -0.15) is 5.10 Å². The number of hydrogen-bond acceptors (Lipinski definition) is 4. The van der Waals surface area contributed by atoms with Gasteiger partial charge in [0.05, 0.1) is 6.04 Å². The molecule has 106 valence electrons. The Bertz CT molecular complexity index is 419. The third-order valence-electron chi connectivity index (χ3n) is 4.43. The summed E-state index contributed by atoms with van der Waals surface area (Å²) in [6, 6.07) is 0.536. The lowest BCUT2D eigenvalue weighted by molar-refractivity contribution is 0.155. The average Bonchev–Trinajstić information content (AvgIpc) is 2.83. The molecular formula is C14H25N5. The van der Waals surface area contributed by atoms with E-state index in [2.05, 4.69) is 28.5 Å². The van der Waals surface area contributed by atoms with Crippen molar-refractivity contribution >= 4 is 0 Å². The van der Waals surface area contributed by atoms with E-state index in [1.807, 2.05) is 0 Å². The predicted molar refractivity (Wildman–Crippen MR) is 75.3 cm³/mol. The summed E-state index contributed by atoms with van der Waals surface area (Å²) in [5.41, 5.74) is 0. The molecule has 0 N–H and O–H groups in total. The summed E-state index contributed by atoms with van der Waals surface area (Å²) in [5, 5.41) is 4.70. The Morgan fingerprint density at radius 3 is 2.74 bits per heavy atom. The summed E-state index contributed by atoms with van der Waals surface area (Å²) >= 11 is 0. The molecule has 19 heavy (non-hydrogen) atoms. The molecule has 1 fully saturated rings. The molecule has 0 saturated carbocycles. The van der Waals surface area contributed by atoms with Gasteiger partial charge in [-0.3, -0.25) is 0 Å². The van der Waals surface area contributed by atoms with Crippen LogP contribution in [0.15, 0.2) is 0 Å². The normalized spacial score (nSPS) is 25.5. The standard InChI is InChI=1S/C14H25N5/c1-12-4-3-5-14-15-13(16-19(12)14)6-7-18-10-8-17(2)9-11-18/h12H,3-11H2,1-2H3. The van der Waals surface area contributed by atoms with Crippen molar-refractivity contribution in [3.63, 3.8) is 0 Å². The molecule has 2 aliphatic heterocycles. The first kappa shape index (κ1) is 13.1. The van der Waals surface area contributed by atoms with Crippen molar-refractivity contribution in [1.82, 2.24) is 24.6 Å². The van der Waals surface area contributed by atoms with E-state index in [-0.39, 0.29) is 0 Å². The molecule has 1 saturated heterocycles. The van der Waals surface area contributed by atoms with Gasteiger partial charge in [-0.25, -0.2) is 9.67 Å². The summed E-state index contributed by atoms with van der Waals surface area (Å²) < 4.78 is 2.16.